The number of halogens is 1. The van der Waals surface area contributed by atoms with Crippen LogP contribution >= 0.6 is 0 Å². The van der Waals surface area contributed by atoms with Crippen LogP contribution in [0.4, 0.5) is 4.39 Å². The van der Waals surface area contributed by atoms with Crippen molar-refractivity contribution in [2.75, 3.05) is 13.1 Å². The van der Waals surface area contributed by atoms with E-state index in [4.69, 9.17) is 5.73 Å². The van der Waals surface area contributed by atoms with Gasteiger partial charge in [-0.1, -0.05) is 36.4 Å². The van der Waals surface area contributed by atoms with Crippen molar-refractivity contribution < 1.29 is 4.39 Å². The summed E-state index contributed by atoms with van der Waals surface area (Å²) in [5, 5.41) is 0. The Morgan fingerprint density at radius 2 is 1.87 bits per heavy atom. The molecule has 1 aliphatic rings. The molecule has 0 aliphatic carbocycles. The Kier molecular flexibility index (Phi) is 4.79. The number of benzene rings is 2. The van der Waals surface area contributed by atoms with Crippen LogP contribution in [0.5, 0.6) is 0 Å². The zero-order chi connectivity index (χ0) is 16.4. The lowest BCUT2D eigenvalue weighted by Crippen LogP contribution is -2.45. The second kappa shape index (κ2) is 6.81. The van der Waals surface area contributed by atoms with Crippen LogP contribution in [0.1, 0.15) is 34.6 Å². The van der Waals surface area contributed by atoms with Gasteiger partial charge in [0.15, 0.2) is 0 Å². The summed E-state index contributed by atoms with van der Waals surface area (Å²) in [6.07, 6.45) is 0.996. The van der Waals surface area contributed by atoms with E-state index >= 15 is 0 Å². The summed E-state index contributed by atoms with van der Waals surface area (Å²) in [4.78, 5) is 2.28. The fourth-order valence-corrected chi connectivity index (χ4v) is 3.49. The zero-order valence-corrected chi connectivity index (χ0v) is 13.9. The number of hydrogen-bond donors (Lipinski definition) is 1. The lowest BCUT2D eigenvalue weighted by molar-refractivity contribution is 0.179. The van der Waals surface area contributed by atoms with Crippen molar-refractivity contribution in [3.8, 4) is 0 Å². The number of nitrogens with two attached hydrogens (primary N) is 1. The van der Waals surface area contributed by atoms with Gasteiger partial charge in [-0.3, -0.25) is 4.90 Å². The molecule has 2 N–H and O–H groups in total. The molecular formula is C20H25FN2. The van der Waals surface area contributed by atoms with Gasteiger partial charge in [-0.15, -0.1) is 0 Å². The van der Waals surface area contributed by atoms with E-state index < -0.39 is 0 Å². The smallest absolute Gasteiger partial charge is 0.127 e. The summed E-state index contributed by atoms with van der Waals surface area (Å²) in [6.45, 7) is 6.68. The minimum atomic E-state index is -0.130. The number of aryl methyl sites for hydroxylation is 2. The topological polar surface area (TPSA) is 29.3 Å². The van der Waals surface area contributed by atoms with Gasteiger partial charge in [-0.05, 0) is 48.9 Å². The molecule has 1 fully saturated rings. The summed E-state index contributed by atoms with van der Waals surface area (Å²) in [7, 11) is 0. The summed E-state index contributed by atoms with van der Waals surface area (Å²) < 4.78 is 13.9. The Labute approximate surface area is 138 Å². The van der Waals surface area contributed by atoms with Crippen molar-refractivity contribution in [3.63, 3.8) is 0 Å². The van der Waals surface area contributed by atoms with Crippen molar-refractivity contribution in [1.29, 1.82) is 0 Å². The normalized spacial score (nSPS) is 22.3. The van der Waals surface area contributed by atoms with E-state index in [1.807, 2.05) is 12.1 Å². The molecule has 0 amide bonds. The van der Waals surface area contributed by atoms with E-state index in [1.54, 1.807) is 6.07 Å². The SMILES string of the molecule is Cc1ccc(C2CC(N)CN(Cc3ccccc3F)C2)cc1C. The Balaban J connectivity index is 1.76. The highest BCUT2D eigenvalue weighted by atomic mass is 19.1. The highest BCUT2D eigenvalue weighted by molar-refractivity contribution is 5.32. The van der Waals surface area contributed by atoms with Gasteiger partial charge in [0, 0.05) is 31.2 Å². The first kappa shape index (κ1) is 16.2. The van der Waals surface area contributed by atoms with Crippen molar-refractivity contribution in [2.24, 2.45) is 5.73 Å². The summed E-state index contributed by atoms with van der Waals surface area (Å²) in [5.41, 5.74) is 11.0. The van der Waals surface area contributed by atoms with Gasteiger partial charge < -0.3 is 5.73 Å². The van der Waals surface area contributed by atoms with Gasteiger partial charge in [0.1, 0.15) is 5.82 Å². The van der Waals surface area contributed by atoms with E-state index in [9.17, 15) is 4.39 Å². The Bertz CT molecular complexity index is 683. The molecule has 0 bridgehead atoms. The third-order valence-corrected chi connectivity index (χ3v) is 4.91. The average Bonchev–Trinajstić information content (AvgIpc) is 2.52. The quantitative estimate of drug-likeness (QED) is 0.935. The van der Waals surface area contributed by atoms with Crippen LogP contribution in [0.2, 0.25) is 0 Å². The Hall–Kier alpha value is -1.71. The van der Waals surface area contributed by atoms with Crippen molar-refractivity contribution >= 4 is 0 Å². The molecule has 3 heteroatoms. The van der Waals surface area contributed by atoms with Crippen molar-refractivity contribution in [3.05, 3.63) is 70.5 Å². The highest BCUT2D eigenvalue weighted by Crippen LogP contribution is 2.29. The van der Waals surface area contributed by atoms with Gasteiger partial charge in [0.2, 0.25) is 0 Å². The van der Waals surface area contributed by atoms with Crippen LogP contribution in [0.15, 0.2) is 42.5 Å². The lowest BCUT2D eigenvalue weighted by Gasteiger charge is -2.36. The number of hydrogen-bond acceptors (Lipinski definition) is 2. The van der Waals surface area contributed by atoms with E-state index in [0.29, 0.717) is 12.5 Å². The first-order valence-corrected chi connectivity index (χ1v) is 8.31. The molecule has 2 aromatic carbocycles. The molecule has 1 aliphatic heterocycles. The first-order chi connectivity index (χ1) is 11.0. The second-order valence-electron chi connectivity index (χ2n) is 6.82. The molecule has 1 heterocycles. The third-order valence-electron chi connectivity index (χ3n) is 4.91. The maximum atomic E-state index is 13.9. The van der Waals surface area contributed by atoms with E-state index in [-0.39, 0.29) is 11.9 Å². The maximum absolute atomic E-state index is 13.9. The number of likely N-dealkylation sites (tertiary alicyclic amines) is 1. The molecule has 23 heavy (non-hydrogen) atoms. The molecule has 1 saturated heterocycles. The number of rotatable bonds is 3. The predicted octanol–water partition coefficient (Wildman–Crippen LogP) is 3.76. The van der Waals surface area contributed by atoms with Gasteiger partial charge in [0.05, 0.1) is 0 Å². The van der Waals surface area contributed by atoms with Gasteiger partial charge in [-0.25, -0.2) is 4.39 Å². The predicted molar refractivity (Wildman–Crippen MR) is 92.9 cm³/mol. The maximum Gasteiger partial charge on any atom is 0.127 e. The minimum absolute atomic E-state index is 0.130. The van der Waals surface area contributed by atoms with Crippen LogP contribution in [-0.2, 0) is 6.54 Å². The zero-order valence-electron chi connectivity index (χ0n) is 13.9. The minimum Gasteiger partial charge on any atom is -0.327 e. The first-order valence-electron chi connectivity index (χ1n) is 8.31. The van der Waals surface area contributed by atoms with Crippen LogP contribution in [0, 0.1) is 19.7 Å². The Morgan fingerprint density at radius 3 is 2.61 bits per heavy atom. The molecule has 2 unspecified atom stereocenters. The molecule has 0 saturated carbocycles. The van der Waals surface area contributed by atoms with Crippen LogP contribution in [-0.4, -0.2) is 24.0 Å². The van der Waals surface area contributed by atoms with Crippen molar-refractivity contribution in [2.45, 2.75) is 38.8 Å². The lowest BCUT2D eigenvalue weighted by atomic mass is 9.87. The van der Waals surface area contributed by atoms with Crippen LogP contribution in [0.3, 0.4) is 0 Å². The summed E-state index contributed by atoms with van der Waals surface area (Å²) in [6, 6.07) is 13.8. The fraction of sp³-hybridized carbons (Fsp3) is 0.400. The number of piperidine rings is 1. The van der Waals surface area contributed by atoms with Gasteiger partial charge >= 0.3 is 0 Å². The largest absolute Gasteiger partial charge is 0.327 e. The van der Waals surface area contributed by atoms with Crippen molar-refractivity contribution in [1.82, 2.24) is 4.90 Å². The third kappa shape index (κ3) is 3.80. The molecule has 2 aromatic rings. The fourth-order valence-electron chi connectivity index (χ4n) is 3.49. The van der Waals surface area contributed by atoms with E-state index in [0.717, 1.165) is 25.1 Å². The monoisotopic (exact) mass is 312 g/mol. The van der Waals surface area contributed by atoms with E-state index in [2.05, 4.69) is 36.9 Å². The molecule has 3 rings (SSSR count). The molecular weight excluding hydrogens is 287 g/mol. The highest BCUT2D eigenvalue weighted by Gasteiger charge is 2.26. The van der Waals surface area contributed by atoms with Crippen LogP contribution < -0.4 is 5.73 Å². The molecule has 2 nitrogen and oxygen atoms in total. The average molecular weight is 312 g/mol. The van der Waals surface area contributed by atoms with E-state index in [1.165, 1.54) is 22.8 Å². The summed E-state index contributed by atoms with van der Waals surface area (Å²) >= 11 is 0. The standard InChI is InChI=1S/C20H25FN2/c1-14-7-8-16(9-15(14)2)18-10-19(22)13-23(12-18)11-17-5-3-4-6-20(17)21/h3-9,18-19H,10-13,22H2,1-2H3. The molecule has 0 radical (unpaired) electrons. The summed E-state index contributed by atoms with van der Waals surface area (Å²) in [5.74, 6) is 0.291. The van der Waals surface area contributed by atoms with Gasteiger partial charge in [0.25, 0.3) is 0 Å². The molecule has 0 aromatic heterocycles. The second-order valence-corrected chi connectivity index (χ2v) is 6.82. The number of nitrogens with zero attached hydrogens (tertiary/aromatic N) is 1. The molecule has 0 spiro atoms. The molecule has 122 valence electrons. The van der Waals surface area contributed by atoms with Crippen LogP contribution in [0.25, 0.3) is 0 Å². The Morgan fingerprint density at radius 1 is 1.09 bits per heavy atom. The van der Waals surface area contributed by atoms with Gasteiger partial charge in [-0.2, -0.15) is 0 Å². The molecule has 2 atom stereocenters.